The minimum atomic E-state index is -0.424. The Hall–Kier alpha value is -2.50. The third-order valence-electron chi connectivity index (χ3n) is 2.95. The lowest BCUT2D eigenvalue weighted by molar-refractivity contribution is 0.0588. The number of ether oxygens (including phenoxy) is 3. The number of carbonyl (C=O) groups is 1. The van der Waals surface area contributed by atoms with Crippen LogP contribution in [0.1, 0.15) is 10.5 Å². The van der Waals surface area contributed by atoms with Gasteiger partial charge in [0.1, 0.15) is 5.69 Å². The van der Waals surface area contributed by atoms with Gasteiger partial charge in [0.2, 0.25) is 0 Å². The summed E-state index contributed by atoms with van der Waals surface area (Å²) in [6.07, 6.45) is 0. The van der Waals surface area contributed by atoms with Gasteiger partial charge in [-0.3, -0.25) is 4.68 Å². The molecular formula is C14H16N2O4. The molecule has 2 aromatic rings. The normalized spacial score (nSPS) is 10.2. The summed E-state index contributed by atoms with van der Waals surface area (Å²) < 4.78 is 16.6. The van der Waals surface area contributed by atoms with Crippen molar-refractivity contribution in [1.29, 1.82) is 0 Å². The molecule has 1 heterocycles. The molecule has 0 radical (unpaired) electrons. The number of nitrogens with zero attached hydrogens (tertiary/aromatic N) is 2. The van der Waals surface area contributed by atoms with Crippen LogP contribution >= 0.6 is 0 Å². The zero-order valence-electron chi connectivity index (χ0n) is 11.8. The first-order valence-electron chi connectivity index (χ1n) is 5.95. The predicted molar refractivity (Wildman–Crippen MR) is 73.1 cm³/mol. The van der Waals surface area contributed by atoms with Gasteiger partial charge in [-0.1, -0.05) is 0 Å². The smallest absolute Gasteiger partial charge is 0.356 e. The van der Waals surface area contributed by atoms with Crippen LogP contribution in [0.3, 0.4) is 0 Å². The van der Waals surface area contributed by atoms with Crippen LogP contribution in [-0.2, 0) is 11.8 Å². The molecular weight excluding hydrogens is 260 g/mol. The van der Waals surface area contributed by atoms with Crippen molar-refractivity contribution in [3.8, 4) is 22.8 Å². The van der Waals surface area contributed by atoms with E-state index in [1.165, 1.54) is 11.8 Å². The lowest BCUT2D eigenvalue weighted by Gasteiger charge is -2.08. The molecule has 106 valence electrons. The Bertz CT molecular complexity index is 634. The van der Waals surface area contributed by atoms with Gasteiger partial charge in [-0.15, -0.1) is 0 Å². The number of carbonyl (C=O) groups excluding carboxylic acids is 1. The van der Waals surface area contributed by atoms with Gasteiger partial charge in [0.05, 0.1) is 27.0 Å². The molecule has 0 unspecified atom stereocenters. The predicted octanol–water partition coefficient (Wildman–Crippen LogP) is 1.89. The van der Waals surface area contributed by atoms with Crippen molar-refractivity contribution in [1.82, 2.24) is 9.78 Å². The highest BCUT2D eigenvalue weighted by Gasteiger charge is 2.15. The molecule has 2 rings (SSSR count). The molecule has 0 atom stereocenters. The fourth-order valence-electron chi connectivity index (χ4n) is 1.90. The average Bonchev–Trinajstić information content (AvgIpc) is 2.87. The lowest BCUT2D eigenvalue weighted by atomic mass is 10.1. The minimum Gasteiger partial charge on any atom is -0.493 e. The van der Waals surface area contributed by atoms with Crippen molar-refractivity contribution in [3.05, 3.63) is 30.0 Å². The van der Waals surface area contributed by atoms with Crippen LogP contribution in [0.5, 0.6) is 11.5 Å². The maximum Gasteiger partial charge on any atom is 0.356 e. The van der Waals surface area contributed by atoms with E-state index in [4.69, 9.17) is 14.2 Å². The van der Waals surface area contributed by atoms with E-state index in [0.29, 0.717) is 22.9 Å². The van der Waals surface area contributed by atoms with Crippen LogP contribution in [0.2, 0.25) is 0 Å². The zero-order chi connectivity index (χ0) is 14.7. The topological polar surface area (TPSA) is 62.6 Å². The summed E-state index contributed by atoms with van der Waals surface area (Å²) in [5.41, 5.74) is 1.87. The van der Waals surface area contributed by atoms with Gasteiger partial charge in [0.25, 0.3) is 0 Å². The number of rotatable bonds is 4. The molecule has 0 aliphatic heterocycles. The minimum absolute atomic E-state index is 0.386. The van der Waals surface area contributed by atoms with Crippen molar-refractivity contribution in [2.24, 2.45) is 7.05 Å². The highest BCUT2D eigenvalue weighted by Crippen LogP contribution is 2.31. The third-order valence-corrected chi connectivity index (χ3v) is 2.95. The van der Waals surface area contributed by atoms with Gasteiger partial charge < -0.3 is 14.2 Å². The van der Waals surface area contributed by atoms with E-state index in [-0.39, 0.29) is 0 Å². The maximum atomic E-state index is 11.6. The van der Waals surface area contributed by atoms with E-state index in [9.17, 15) is 4.79 Å². The molecule has 20 heavy (non-hydrogen) atoms. The van der Waals surface area contributed by atoms with Crippen LogP contribution in [-0.4, -0.2) is 37.1 Å². The summed E-state index contributed by atoms with van der Waals surface area (Å²) in [5.74, 6) is 0.822. The second kappa shape index (κ2) is 5.64. The summed E-state index contributed by atoms with van der Waals surface area (Å²) in [4.78, 5) is 11.6. The van der Waals surface area contributed by atoms with Crippen LogP contribution in [0.15, 0.2) is 24.3 Å². The van der Waals surface area contributed by atoms with Gasteiger partial charge in [-0.25, -0.2) is 4.79 Å². The molecule has 6 heteroatoms. The van der Waals surface area contributed by atoms with Gasteiger partial charge >= 0.3 is 5.97 Å². The zero-order valence-corrected chi connectivity index (χ0v) is 11.8. The summed E-state index contributed by atoms with van der Waals surface area (Å²) in [6.45, 7) is 0. The Morgan fingerprint density at radius 2 is 1.80 bits per heavy atom. The first kappa shape index (κ1) is 13.9. The molecule has 0 aliphatic carbocycles. The highest BCUT2D eigenvalue weighted by molar-refractivity contribution is 5.89. The number of aromatic nitrogens is 2. The molecule has 0 aliphatic rings. The SMILES string of the molecule is COC(=O)c1cc(-c2ccc(OC)c(OC)c2)nn1C. The number of hydrogen-bond donors (Lipinski definition) is 0. The van der Waals surface area contributed by atoms with E-state index >= 15 is 0 Å². The Kier molecular flexibility index (Phi) is 3.93. The van der Waals surface area contributed by atoms with E-state index in [0.717, 1.165) is 5.56 Å². The van der Waals surface area contributed by atoms with Crippen molar-refractivity contribution in [2.75, 3.05) is 21.3 Å². The fourth-order valence-corrected chi connectivity index (χ4v) is 1.90. The van der Waals surface area contributed by atoms with Crippen LogP contribution in [0, 0.1) is 0 Å². The van der Waals surface area contributed by atoms with Crippen molar-refractivity contribution in [2.45, 2.75) is 0 Å². The van der Waals surface area contributed by atoms with Crippen molar-refractivity contribution < 1.29 is 19.0 Å². The molecule has 0 spiro atoms. The van der Waals surface area contributed by atoms with Crippen LogP contribution in [0.25, 0.3) is 11.3 Å². The van der Waals surface area contributed by atoms with Crippen LogP contribution in [0.4, 0.5) is 0 Å². The van der Waals surface area contributed by atoms with Gasteiger partial charge in [-0.05, 0) is 24.3 Å². The Morgan fingerprint density at radius 3 is 2.40 bits per heavy atom. The van der Waals surface area contributed by atoms with E-state index in [1.807, 2.05) is 12.1 Å². The third kappa shape index (κ3) is 2.45. The quantitative estimate of drug-likeness (QED) is 0.798. The first-order chi connectivity index (χ1) is 9.60. The standard InChI is InChI=1S/C14H16N2O4/c1-16-11(14(17)20-4)8-10(15-16)9-5-6-12(18-2)13(7-9)19-3/h5-8H,1-4H3. The Morgan fingerprint density at radius 1 is 1.10 bits per heavy atom. The summed E-state index contributed by atoms with van der Waals surface area (Å²) >= 11 is 0. The van der Waals surface area contributed by atoms with Crippen LogP contribution < -0.4 is 9.47 Å². The van der Waals surface area contributed by atoms with E-state index in [1.54, 1.807) is 33.4 Å². The summed E-state index contributed by atoms with van der Waals surface area (Å²) in [7, 11) is 6.18. The number of benzene rings is 1. The van der Waals surface area contributed by atoms with Gasteiger partial charge in [-0.2, -0.15) is 5.10 Å². The highest BCUT2D eigenvalue weighted by atomic mass is 16.5. The second-order valence-corrected chi connectivity index (χ2v) is 4.10. The fraction of sp³-hybridized carbons (Fsp3) is 0.286. The number of esters is 1. The van der Waals surface area contributed by atoms with E-state index < -0.39 is 5.97 Å². The summed E-state index contributed by atoms with van der Waals surface area (Å²) in [5, 5.41) is 4.30. The molecule has 0 bridgehead atoms. The Labute approximate surface area is 116 Å². The second-order valence-electron chi connectivity index (χ2n) is 4.10. The summed E-state index contributed by atoms with van der Waals surface area (Å²) in [6, 6.07) is 7.13. The monoisotopic (exact) mass is 276 g/mol. The molecule has 0 saturated heterocycles. The molecule has 0 fully saturated rings. The molecule has 6 nitrogen and oxygen atoms in total. The van der Waals surface area contributed by atoms with Gasteiger partial charge in [0.15, 0.2) is 11.5 Å². The lowest BCUT2D eigenvalue weighted by Crippen LogP contribution is -2.07. The average molecular weight is 276 g/mol. The van der Waals surface area contributed by atoms with E-state index in [2.05, 4.69) is 5.10 Å². The largest absolute Gasteiger partial charge is 0.493 e. The molecule has 0 amide bonds. The van der Waals surface area contributed by atoms with Crippen molar-refractivity contribution in [3.63, 3.8) is 0 Å². The van der Waals surface area contributed by atoms with Crippen molar-refractivity contribution >= 4 is 5.97 Å². The molecule has 0 saturated carbocycles. The Balaban J connectivity index is 2.44. The number of aryl methyl sites for hydroxylation is 1. The number of methoxy groups -OCH3 is 3. The molecule has 1 aromatic carbocycles. The molecule has 0 N–H and O–H groups in total. The number of hydrogen-bond acceptors (Lipinski definition) is 5. The first-order valence-corrected chi connectivity index (χ1v) is 5.95. The van der Waals surface area contributed by atoms with Gasteiger partial charge in [0, 0.05) is 12.6 Å². The molecule has 1 aromatic heterocycles. The maximum absolute atomic E-state index is 11.6.